The molecule has 0 aliphatic heterocycles. The summed E-state index contributed by atoms with van der Waals surface area (Å²) in [6, 6.07) is 7.18. The van der Waals surface area contributed by atoms with Crippen LogP contribution in [0.5, 0.6) is 0 Å². The second-order valence-electron chi connectivity index (χ2n) is 4.55. The molecule has 0 aromatic heterocycles. The first kappa shape index (κ1) is 11.0. The largest absolute Gasteiger partial charge is 0.351 e. The third-order valence-electron chi connectivity index (χ3n) is 3.00. The van der Waals surface area contributed by atoms with Crippen LogP contribution < -0.4 is 16.8 Å². The highest BCUT2D eigenvalue weighted by Gasteiger charge is 2.37. The molecule has 1 aliphatic carbocycles. The summed E-state index contributed by atoms with van der Waals surface area (Å²) in [4.78, 5) is 10.7. The topological polar surface area (TPSA) is 81.1 Å². The number of carbonyl (C=O) groups excluding carboxylic acids is 1. The van der Waals surface area contributed by atoms with E-state index in [0.29, 0.717) is 0 Å². The number of primary amides is 1. The highest BCUT2D eigenvalue weighted by molar-refractivity contribution is 5.87. The number of benzene rings is 1. The molecule has 0 unspecified atom stereocenters. The minimum Gasteiger partial charge on any atom is -0.351 e. The van der Waals surface area contributed by atoms with E-state index in [0.717, 1.165) is 31.4 Å². The number of hydrogen-bond donors (Lipinski definition) is 3. The molecule has 2 rings (SSSR count). The SMILES string of the molecule is NC(=O)Nc1cccc(CCC2(N)CC2)c1. The Bertz CT molecular complexity index is 399. The van der Waals surface area contributed by atoms with Crippen molar-refractivity contribution in [3.8, 4) is 0 Å². The lowest BCUT2D eigenvalue weighted by atomic mass is 10.0. The highest BCUT2D eigenvalue weighted by atomic mass is 16.2. The van der Waals surface area contributed by atoms with Crippen LogP contribution in [0.15, 0.2) is 24.3 Å². The Morgan fingerprint density at radius 3 is 2.81 bits per heavy atom. The van der Waals surface area contributed by atoms with Crippen molar-refractivity contribution in [1.82, 2.24) is 0 Å². The lowest BCUT2D eigenvalue weighted by molar-refractivity contribution is 0.259. The van der Waals surface area contributed by atoms with Crippen LogP contribution in [0.1, 0.15) is 24.8 Å². The number of carbonyl (C=O) groups is 1. The zero-order chi connectivity index (χ0) is 11.6. The average Bonchev–Trinajstić information content (AvgIpc) is 2.94. The normalized spacial score (nSPS) is 16.8. The van der Waals surface area contributed by atoms with Gasteiger partial charge in [-0.05, 0) is 43.4 Å². The van der Waals surface area contributed by atoms with Crippen molar-refractivity contribution in [2.45, 2.75) is 31.2 Å². The number of urea groups is 1. The second-order valence-corrected chi connectivity index (χ2v) is 4.55. The molecular formula is C12H17N3O. The van der Waals surface area contributed by atoms with Gasteiger partial charge >= 0.3 is 6.03 Å². The first-order valence-corrected chi connectivity index (χ1v) is 5.52. The number of aryl methyl sites for hydroxylation is 1. The van der Waals surface area contributed by atoms with E-state index in [-0.39, 0.29) is 5.54 Å². The van der Waals surface area contributed by atoms with Crippen molar-refractivity contribution in [1.29, 1.82) is 0 Å². The van der Waals surface area contributed by atoms with Crippen molar-refractivity contribution >= 4 is 11.7 Å². The van der Waals surface area contributed by atoms with E-state index >= 15 is 0 Å². The van der Waals surface area contributed by atoms with Crippen molar-refractivity contribution in [3.05, 3.63) is 29.8 Å². The fourth-order valence-electron chi connectivity index (χ4n) is 1.75. The summed E-state index contributed by atoms with van der Waals surface area (Å²) in [5.74, 6) is 0. The molecule has 1 fully saturated rings. The van der Waals surface area contributed by atoms with Crippen LogP contribution >= 0.6 is 0 Å². The van der Waals surface area contributed by atoms with Gasteiger partial charge in [-0.2, -0.15) is 0 Å². The Labute approximate surface area is 95.0 Å². The summed E-state index contributed by atoms with van der Waals surface area (Å²) < 4.78 is 0. The number of nitrogens with two attached hydrogens (primary N) is 2. The Kier molecular flexibility index (Phi) is 2.83. The Hall–Kier alpha value is -1.55. The molecular weight excluding hydrogens is 202 g/mol. The molecule has 0 saturated heterocycles. The smallest absolute Gasteiger partial charge is 0.316 e. The van der Waals surface area contributed by atoms with E-state index < -0.39 is 6.03 Å². The molecule has 4 nitrogen and oxygen atoms in total. The van der Waals surface area contributed by atoms with Gasteiger partial charge in [0.05, 0.1) is 0 Å². The van der Waals surface area contributed by atoms with Crippen LogP contribution in [0.25, 0.3) is 0 Å². The van der Waals surface area contributed by atoms with Gasteiger partial charge in [0, 0.05) is 11.2 Å². The summed E-state index contributed by atoms with van der Waals surface area (Å²) >= 11 is 0. The Morgan fingerprint density at radius 2 is 2.19 bits per heavy atom. The summed E-state index contributed by atoms with van der Waals surface area (Å²) in [5.41, 5.74) is 13.1. The predicted octanol–water partition coefficient (Wildman–Crippen LogP) is 1.60. The zero-order valence-corrected chi connectivity index (χ0v) is 9.20. The molecule has 1 aromatic rings. The van der Waals surface area contributed by atoms with E-state index in [1.165, 1.54) is 5.56 Å². The third-order valence-corrected chi connectivity index (χ3v) is 3.00. The maximum Gasteiger partial charge on any atom is 0.316 e. The fourth-order valence-corrected chi connectivity index (χ4v) is 1.75. The van der Waals surface area contributed by atoms with Crippen molar-refractivity contribution in [2.75, 3.05) is 5.32 Å². The maximum absolute atomic E-state index is 10.7. The van der Waals surface area contributed by atoms with Crippen molar-refractivity contribution in [3.63, 3.8) is 0 Å². The molecule has 2 amide bonds. The van der Waals surface area contributed by atoms with Gasteiger partial charge < -0.3 is 16.8 Å². The van der Waals surface area contributed by atoms with Gasteiger partial charge in [0.2, 0.25) is 0 Å². The summed E-state index contributed by atoms with van der Waals surface area (Å²) in [6.45, 7) is 0. The van der Waals surface area contributed by atoms with Gasteiger partial charge in [0.15, 0.2) is 0 Å². The van der Waals surface area contributed by atoms with E-state index in [2.05, 4.69) is 5.32 Å². The Morgan fingerprint density at radius 1 is 1.44 bits per heavy atom. The molecule has 1 saturated carbocycles. The summed E-state index contributed by atoms with van der Waals surface area (Å²) in [6.07, 6.45) is 4.22. The molecule has 86 valence electrons. The lowest BCUT2D eigenvalue weighted by Gasteiger charge is -2.09. The number of rotatable bonds is 4. The van der Waals surface area contributed by atoms with Crippen LogP contribution in [-0.4, -0.2) is 11.6 Å². The standard InChI is InChI=1S/C12H17N3O/c13-11(16)15-10-3-1-2-9(8-10)4-5-12(14)6-7-12/h1-3,8H,4-7,14H2,(H3,13,15,16). The van der Waals surface area contributed by atoms with Gasteiger partial charge in [0.1, 0.15) is 0 Å². The van der Waals surface area contributed by atoms with E-state index in [4.69, 9.17) is 11.5 Å². The third kappa shape index (κ3) is 2.97. The average molecular weight is 219 g/mol. The number of amides is 2. The molecule has 0 atom stereocenters. The fraction of sp³-hybridized carbons (Fsp3) is 0.417. The Balaban J connectivity index is 1.95. The quantitative estimate of drug-likeness (QED) is 0.719. The molecule has 4 heteroatoms. The number of nitrogens with one attached hydrogen (secondary N) is 1. The van der Waals surface area contributed by atoms with Gasteiger partial charge in [-0.1, -0.05) is 12.1 Å². The number of hydrogen-bond acceptors (Lipinski definition) is 2. The van der Waals surface area contributed by atoms with Crippen molar-refractivity contribution < 1.29 is 4.79 Å². The molecule has 1 aromatic carbocycles. The molecule has 0 bridgehead atoms. The minimum atomic E-state index is -0.533. The van der Waals surface area contributed by atoms with Gasteiger partial charge in [-0.3, -0.25) is 0 Å². The second kappa shape index (κ2) is 4.14. The molecule has 0 heterocycles. The van der Waals surface area contributed by atoms with Gasteiger partial charge in [0.25, 0.3) is 0 Å². The van der Waals surface area contributed by atoms with Crippen LogP contribution in [0.3, 0.4) is 0 Å². The lowest BCUT2D eigenvalue weighted by Crippen LogP contribution is -2.22. The summed E-state index contributed by atoms with van der Waals surface area (Å²) in [5, 5.41) is 2.57. The highest BCUT2D eigenvalue weighted by Crippen LogP contribution is 2.36. The predicted molar refractivity (Wildman–Crippen MR) is 64.1 cm³/mol. The minimum absolute atomic E-state index is 0.0765. The molecule has 5 N–H and O–H groups in total. The van der Waals surface area contributed by atoms with Crippen LogP contribution in [0.2, 0.25) is 0 Å². The zero-order valence-electron chi connectivity index (χ0n) is 9.20. The van der Waals surface area contributed by atoms with Crippen LogP contribution in [0.4, 0.5) is 10.5 Å². The summed E-state index contributed by atoms with van der Waals surface area (Å²) in [7, 11) is 0. The molecule has 0 spiro atoms. The van der Waals surface area contributed by atoms with Gasteiger partial charge in [-0.15, -0.1) is 0 Å². The first-order chi connectivity index (χ1) is 7.57. The molecule has 16 heavy (non-hydrogen) atoms. The maximum atomic E-state index is 10.7. The monoisotopic (exact) mass is 219 g/mol. The van der Waals surface area contributed by atoms with E-state index in [9.17, 15) is 4.79 Å². The molecule has 1 aliphatic rings. The van der Waals surface area contributed by atoms with Gasteiger partial charge in [-0.25, -0.2) is 4.79 Å². The van der Waals surface area contributed by atoms with Crippen molar-refractivity contribution in [2.24, 2.45) is 11.5 Å². The van der Waals surface area contributed by atoms with E-state index in [1.54, 1.807) is 0 Å². The molecule has 0 radical (unpaired) electrons. The van der Waals surface area contributed by atoms with Crippen LogP contribution in [0, 0.1) is 0 Å². The first-order valence-electron chi connectivity index (χ1n) is 5.52. The number of anilines is 1. The van der Waals surface area contributed by atoms with E-state index in [1.807, 2.05) is 24.3 Å². The van der Waals surface area contributed by atoms with Crippen LogP contribution in [-0.2, 0) is 6.42 Å².